The number of oxazole rings is 1. The second-order valence-electron chi connectivity index (χ2n) is 8.20. The number of carbonyl (C=O) groups excluding carboxylic acids is 1. The van der Waals surface area contributed by atoms with Crippen molar-refractivity contribution in [1.82, 2.24) is 10.3 Å². The van der Waals surface area contributed by atoms with E-state index >= 15 is 0 Å². The van der Waals surface area contributed by atoms with E-state index in [2.05, 4.69) is 15.0 Å². The first-order valence-electron chi connectivity index (χ1n) is 10.9. The molecule has 35 heavy (non-hydrogen) atoms. The molecule has 3 aromatic rings. The van der Waals surface area contributed by atoms with E-state index in [0.717, 1.165) is 25.0 Å². The van der Waals surface area contributed by atoms with Crippen molar-refractivity contribution < 1.29 is 36.2 Å². The van der Waals surface area contributed by atoms with Crippen molar-refractivity contribution in [2.45, 2.75) is 39.0 Å². The molecule has 1 aliphatic carbocycles. The summed E-state index contributed by atoms with van der Waals surface area (Å²) in [6.45, 7) is -1.54. The summed E-state index contributed by atoms with van der Waals surface area (Å²) in [4.78, 5) is 17.0. The van der Waals surface area contributed by atoms with Gasteiger partial charge in [0.1, 0.15) is 11.6 Å². The lowest BCUT2D eigenvalue weighted by Crippen LogP contribution is -2.26. The third-order valence-corrected chi connectivity index (χ3v) is 5.35. The lowest BCUT2D eigenvalue weighted by atomic mass is 10.2. The van der Waals surface area contributed by atoms with E-state index in [1.54, 1.807) is 6.92 Å². The van der Waals surface area contributed by atoms with Crippen LogP contribution < -0.4 is 20.5 Å². The zero-order valence-corrected chi connectivity index (χ0v) is 18.7. The molecule has 1 aliphatic rings. The van der Waals surface area contributed by atoms with Gasteiger partial charge in [-0.15, -0.1) is 0 Å². The second kappa shape index (κ2) is 10.3. The van der Waals surface area contributed by atoms with E-state index < -0.39 is 36.7 Å². The molecule has 0 bridgehead atoms. The van der Waals surface area contributed by atoms with Gasteiger partial charge in [-0.05, 0) is 56.0 Å². The number of alkyl halides is 2. The minimum Gasteiger partial charge on any atom is -0.489 e. The summed E-state index contributed by atoms with van der Waals surface area (Å²) in [6, 6.07) is 6.78. The topological polar surface area (TPSA) is 99.6 Å². The van der Waals surface area contributed by atoms with Crippen LogP contribution in [-0.4, -0.2) is 24.1 Å². The third kappa shape index (κ3) is 5.91. The summed E-state index contributed by atoms with van der Waals surface area (Å²) in [5.74, 6) is -2.03. The van der Waals surface area contributed by atoms with Crippen molar-refractivity contribution >= 4 is 5.91 Å². The number of hydrogen-bond acceptors (Lipinski definition) is 6. The minimum atomic E-state index is -3.04. The van der Waals surface area contributed by atoms with Crippen LogP contribution in [0.2, 0.25) is 0 Å². The van der Waals surface area contributed by atoms with Crippen LogP contribution >= 0.6 is 0 Å². The van der Waals surface area contributed by atoms with Crippen LogP contribution in [0.4, 0.5) is 17.6 Å². The predicted octanol–water partition coefficient (Wildman–Crippen LogP) is 4.96. The molecule has 1 saturated carbocycles. The molecule has 3 N–H and O–H groups in total. The quantitative estimate of drug-likeness (QED) is 0.388. The highest BCUT2D eigenvalue weighted by Gasteiger charge is 2.26. The van der Waals surface area contributed by atoms with Crippen molar-refractivity contribution in [2.24, 2.45) is 11.7 Å². The molecule has 2 aromatic carbocycles. The first kappa shape index (κ1) is 24.5. The van der Waals surface area contributed by atoms with Gasteiger partial charge in [0.05, 0.1) is 12.6 Å². The van der Waals surface area contributed by atoms with Crippen LogP contribution in [0.3, 0.4) is 0 Å². The zero-order chi connectivity index (χ0) is 25.1. The number of nitrogens with one attached hydrogen (secondary N) is 1. The molecular weight excluding hydrogens is 470 g/mol. The molecular formula is C24H23F4N3O4. The van der Waals surface area contributed by atoms with Crippen molar-refractivity contribution in [3.63, 3.8) is 0 Å². The highest BCUT2D eigenvalue weighted by Crippen LogP contribution is 2.37. The fourth-order valence-electron chi connectivity index (χ4n) is 3.32. The Hall–Kier alpha value is -3.60. The molecule has 1 aromatic heterocycles. The molecule has 0 radical (unpaired) electrons. The van der Waals surface area contributed by atoms with Gasteiger partial charge in [-0.3, -0.25) is 4.79 Å². The minimum absolute atomic E-state index is 0.0145. The number of nitrogens with zero attached hydrogens (tertiary/aromatic N) is 1. The third-order valence-electron chi connectivity index (χ3n) is 5.35. The van der Waals surface area contributed by atoms with Gasteiger partial charge in [-0.2, -0.15) is 8.78 Å². The van der Waals surface area contributed by atoms with Gasteiger partial charge >= 0.3 is 6.61 Å². The van der Waals surface area contributed by atoms with Gasteiger partial charge in [-0.25, -0.2) is 13.8 Å². The van der Waals surface area contributed by atoms with Gasteiger partial charge in [-0.1, -0.05) is 6.07 Å². The van der Waals surface area contributed by atoms with E-state index in [9.17, 15) is 22.4 Å². The summed E-state index contributed by atoms with van der Waals surface area (Å²) in [5.41, 5.74) is 5.79. The van der Waals surface area contributed by atoms with Crippen LogP contribution in [0.5, 0.6) is 11.5 Å². The first-order chi connectivity index (χ1) is 16.7. The Labute approximate surface area is 198 Å². The van der Waals surface area contributed by atoms with Gasteiger partial charge in [0, 0.05) is 17.7 Å². The van der Waals surface area contributed by atoms with Gasteiger partial charge in [0.25, 0.3) is 5.91 Å². The maximum Gasteiger partial charge on any atom is 0.387 e. The Morgan fingerprint density at radius 2 is 1.91 bits per heavy atom. The van der Waals surface area contributed by atoms with Crippen LogP contribution in [-0.2, 0) is 6.54 Å². The number of amides is 1. The standard InChI is InChI=1S/C24H23F4N3O4/c1-12(29)21-20(22(32)30-10-15-16(25)3-2-4-17(15)26)31-23(35-21)14-7-8-18(34-24(27)28)19(9-14)33-11-13-5-6-13/h2-4,7-9,12-13,24H,5-6,10-11,29H2,1H3,(H,30,32)/t12-/m0/s1. The Morgan fingerprint density at radius 1 is 1.20 bits per heavy atom. The molecule has 186 valence electrons. The normalized spacial score (nSPS) is 14.1. The molecule has 1 fully saturated rings. The van der Waals surface area contributed by atoms with E-state index in [4.69, 9.17) is 14.9 Å². The number of carbonyl (C=O) groups is 1. The van der Waals surface area contributed by atoms with E-state index in [-0.39, 0.29) is 34.4 Å². The van der Waals surface area contributed by atoms with Gasteiger partial charge in [0.2, 0.25) is 5.89 Å². The number of halogens is 4. The Bertz CT molecular complexity index is 1190. The average Bonchev–Trinajstić information content (AvgIpc) is 3.52. The second-order valence-corrected chi connectivity index (χ2v) is 8.20. The van der Waals surface area contributed by atoms with Crippen molar-refractivity contribution in [3.8, 4) is 23.0 Å². The summed E-state index contributed by atoms with van der Waals surface area (Å²) >= 11 is 0. The Balaban J connectivity index is 1.59. The smallest absolute Gasteiger partial charge is 0.387 e. The summed E-state index contributed by atoms with van der Waals surface area (Å²) in [6.07, 6.45) is 1.99. The summed E-state index contributed by atoms with van der Waals surface area (Å²) < 4.78 is 69.3. The molecule has 11 heteroatoms. The van der Waals surface area contributed by atoms with Crippen molar-refractivity contribution in [3.05, 3.63) is 65.1 Å². The van der Waals surface area contributed by atoms with E-state index in [0.29, 0.717) is 18.1 Å². The van der Waals surface area contributed by atoms with Crippen molar-refractivity contribution in [2.75, 3.05) is 6.61 Å². The number of ether oxygens (including phenoxy) is 2. The molecule has 4 rings (SSSR count). The van der Waals surface area contributed by atoms with Crippen LogP contribution in [0, 0.1) is 17.6 Å². The maximum atomic E-state index is 13.9. The number of hydrogen-bond donors (Lipinski definition) is 2. The number of aromatic nitrogens is 1. The molecule has 1 atom stereocenters. The number of rotatable bonds is 10. The fourth-order valence-corrected chi connectivity index (χ4v) is 3.32. The zero-order valence-electron chi connectivity index (χ0n) is 18.7. The Kier molecular flexibility index (Phi) is 7.25. The molecule has 0 unspecified atom stereocenters. The largest absolute Gasteiger partial charge is 0.489 e. The van der Waals surface area contributed by atoms with Gasteiger partial charge < -0.3 is 24.9 Å². The molecule has 0 saturated heterocycles. The Morgan fingerprint density at radius 3 is 2.54 bits per heavy atom. The lowest BCUT2D eigenvalue weighted by Gasteiger charge is -2.12. The van der Waals surface area contributed by atoms with Crippen LogP contribution in [0.25, 0.3) is 11.5 Å². The van der Waals surface area contributed by atoms with E-state index in [1.165, 1.54) is 24.3 Å². The highest BCUT2D eigenvalue weighted by atomic mass is 19.3. The molecule has 0 aliphatic heterocycles. The summed E-state index contributed by atoms with van der Waals surface area (Å²) in [5, 5.41) is 2.41. The lowest BCUT2D eigenvalue weighted by molar-refractivity contribution is -0.0515. The molecule has 1 heterocycles. The molecule has 1 amide bonds. The first-order valence-corrected chi connectivity index (χ1v) is 10.9. The number of nitrogens with two attached hydrogens (primary N) is 1. The van der Waals surface area contributed by atoms with Crippen LogP contribution in [0.15, 0.2) is 40.8 Å². The highest BCUT2D eigenvalue weighted by molar-refractivity contribution is 5.94. The number of benzene rings is 2. The van der Waals surface area contributed by atoms with Crippen LogP contribution in [0.1, 0.15) is 47.6 Å². The van der Waals surface area contributed by atoms with E-state index in [1.807, 2.05) is 0 Å². The SMILES string of the molecule is C[C@H](N)c1oc(-c2ccc(OC(F)F)c(OCC3CC3)c2)nc1C(=O)NCc1c(F)cccc1F. The fraction of sp³-hybridized carbons (Fsp3) is 0.333. The maximum absolute atomic E-state index is 13.9. The molecule has 7 nitrogen and oxygen atoms in total. The van der Waals surface area contributed by atoms with Gasteiger partial charge in [0.15, 0.2) is 23.0 Å². The monoisotopic (exact) mass is 493 g/mol. The van der Waals surface area contributed by atoms with Crippen molar-refractivity contribution in [1.29, 1.82) is 0 Å². The average molecular weight is 493 g/mol. The predicted molar refractivity (Wildman–Crippen MR) is 117 cm³/mol. The summed E-state index contributed by atoms with van der Waals surface area (Å²) in [7, 11) is 0. The molecule has 0 spiro atoms.